The number of hydrogen-bond donors (Lipinski definition) is 3. The number of H-pyrrole nitrogens is 1. The van der Waals surface area contributed by atoms with Gasteiger partial charge in [0.25, 0.3) is 10.0 Å². The Morgan fingerprint density at radius 3 is 2.63 bits per heavy atom. The van der Waals surface area contributed by atoms with Crippen molar-refractivity contribution in [2.24, 2.45) is 5.92 Å². The number of aliphatic carboxylic acids is 1. The van der Waals surface area contributed by atoms with Crippen LogP contribution < -0.4 is 4.72 Å². The number of imidazole rings is 1. The highest BCUT2D eigenvalue weighted by atomic mass is 32.2. The Labute approximate surface area is 111 Å². The first-order valence-corrected chi connectivity index (χ1v) is 7.60. The van der Waals surface area contributed by atoms with Crippen LogP contribution in [0.4, 0.5) is 0 Å². The smallest absolute Gasteiger partial charge is 0.324 e. The summed E-state index contributed by atoms with van der Waals surface area (Å²) >= 11 is 0. The van der Waals surface area contributed by atoms with Gasteiger partial charge in [-0.2, -0.15) is 4.72 Å². The molecule has 0 aliphatic heterocycles. The molecule has 0 spiro atoms. The second-order valence-corrected chi connectivity index (χ2v) is 6.74. The largest absolute Gasteiger partial charge is 0.480 e. The molecule has 19 heavy (non-hydrogen) atoms. The maximum Gasteiger partial charge on any atom is 0.324 e. The summed E-state index contributed by atoms with van der Waals surface area (Å²) in [5, 5.41) is 9.26. The van der Waals surface area contributed by atoms with Gasteiger partial charge in [0.1, 0.15) is 5.54 Å². The van der Waals surface area contributed by atoms with Crippen LogP contribution in [0, 0.1) is 5.92 Å². The van der Waals surface area contributed by atoms with Gasteiger partial charge >= 0.3 is 5.97 Å². The number of aromatic nitrogens is 2. The number of rotatable bonds is 4. The Bertz CT molecular complexity index is 545. The monoisotopic (exact) mass is 287 g/mol. The zero-order valence-electron chi connectivity index (χ0n) is 10.6. The van der Waals surface area contributed by atoms with Gasteiger partial charge in [-0.05, 0) is 31.6 Å². The third-order valence-corrected chi connectivity index (χ3v) is 5.09. The van der Waals surface area contributed by atoms with E-state index in [1.165, 1.54) is 6.33 Å². The average molecular weight is 287 g/mol. The highest BCUT2D eigenvalue weighted by molar-refractivity contribution is 7.89. The molecular weight excluding hydrogens is 270 g/mol. The van der Waals surface area contributed by atoms with E-state index in [0.29, 0.717) is 31.6 Å². The lowest BCUT2D eigenvalue weighted by atomic mass is 9.78. The van der Waals surface area contributed by atoms with Crippen LogP contribution in [0.2, 0.25) is 0 Å². The van der Waals surface area contributed by atoms with Crippen LogP contribution in [0.5, 0.6) is 0 Å². The Morgan fingerprint density at radius 2 is 2.16 bits per heavy atom. The molecule has 7 nitrogen and oxygen atoms in total. The van der Waals surface area contributed by atoms with E-state index in [0.717, 1.165) is 6.20 Å². The molecule has 1 aromatic heterocycles. The van der Waals surface area contributed by atoms with Crippen molar-refractivity contribution in [2.45, 2.75) is 43.2 Å². The Balaban J connectivity index is 2.25. The van der Waals surface area contributed by atoms with Crippen molar-refractivity contribution in [3.8, 4) is 0 Å². The highest BCUT2D eigenvalue weighted by Gasteiger charge is 2.44. The second kappa shape index (κ2) is 4.93. The molecular formula is C11H17N3O4S. The lowest BCUT2D eigenvalue weighted by Crippen LogP contribution is -2.56. The third-order valence-electron chi connectivity index (χ3n) is 3.63. The molecule has 0 radical (unpaired) electrons. The highest BCUT2D eigenvalue weighted by Crippen LogP contribution is 2.33. The summed E-state index contributed by atoms with van der Waals surface area (Å²) < 4.78 is 26.5. The van der Waals surface area contributed by atoms with Crippen molar-refractivity contribution in [1.29, 1.82) is 0 Å². The van der Waals surface area contributed by atoms with Gasteiger partial charge in [-0.3, -0.25) is 4.79 Å². The molecule has 1 fully saturated rings. The fraction of sp³-hybridized carbons (Fsp3) is 0.636. The molecule has 1 aliphatic rings. The van der Waals surface area contributed by atoms with Gasteiger partial charge < -0.3 is 10.1 Å². The van der Waals surface area contributed by atoms with Crippen LogP contribution in [-0.2, 0) is 14.8 Å². The molecule has 0 atom stereocenters. The first-order valence-electron chi connectivity index (χ1n) is 6.11. The van der Waals surface area contributed by atoms with Crippen LogP contribution in [0.1, 0.15) is 32.6 Å². The van der Waals surface area contributed by atoms with Crippen LogP contribution in [-0.4, -0.2) is 35.0 Å². The fourth-order valence-corrected chi connectivity index (χ4v) is 3.64. The standard InChI is InChI=1S/C11H17N3O4S/c1-8-2-4-11(5-3-8,10(15)16)14-19(17,18)9-6-12-7-13-9/h6-8,14H,2-5H2,1H3,(H,12,13)(H,15,16). The molecule has 2 rings (SSSR count). The predicted molar refractivity (Wildman–Crippen MR) is 66.9 cm³/mol. The fourth-order valence-electron chi connectivity index (χ4n) is 2.32. The molecule has 3 N–H and O–H groups in total. The van der Waals surface area contributed by atoms with Crippen molar-refractivity contribution in [2.75, 3.05) is 0 Å². The number of nitrogens with zero attached hydrogens (tertiary/aromatic N) is 1. The molecule has 1 aromatic rings. The number of carbonyl (C=O) groups is 1. The summed E-state index contributed by atoms with van der Waals surface area (Å²) in [6, 6.07) is 0. The molecule has 1 aliphatic carbocycles. The molecule has 1 saturated carbocycles. The number of carboxylic acid groups (broad SMARTS) is 1. The van der Waals surface area contributed by atoms with E-state index in [2.05, 4.69) is 14.7 Å². The van der Waals surface area contributed by atoms with Gasteiger partial charge in [0.2, 0.25) is 0 Å². The van der Waals surface area contributed by atoms with Crippen molar-refractivity contribution in [3.63, 3.8) is 0 Å². The summed E-state index contributed by atoms with van der Waals surface area (Å²) in [6.45, 7) is 2.04. The van der Waals surface area contributed by atoms with Gasteiger partial charge in [-0.15, -0.1) is 0 Å². The minimum atomic E-state index is -3.89. The summed E-state index contributed by atoms with van der Waals surface area (Å²) in [5.41, 5.74) is -1.41. The minimum Gasteiger partial charge on any atom is -0.480 e. The van der Waals surface area contributed by atoms with E-state index < -0.39 is 21.5 Å². The van der Waals surface area contributed by atoms with Crippen LogP contribution in [0.25, 0.3) is 0 Å². The van der Waals surface area contributed by atoms with Gasteiger partial charge in [-0.25, -0.2) is 13.4 Å². The van der Waals surface area contributed by atoms with Crippen molar-refractivity contribution < 1.29 is 18.3 Å². The first-order chi connectivity index (χ1) is 8.86. The number of nitrogens with one attached hydrogen (secondary N) is 2. The Hall–Kier alpha value is -1.41. The normalized spacial score (nSPS) is 28.2. The van der Waals surface area contributed by atoms with E-state index in [1.54, 1.807) is 0 Å². The molecule has 0 bridgehead atoms. The third kappa shape index (κ3) is 2.79. The molecule has 106 valence electrons. The Kier molecular flexibility index (Phi) is 3.64. The molecule has 8 heteroatoms. The zero-order chi connectivity index (χ0) is 14.1. The van der Waals surface area contributed by atoms with Gasteiger partial charge in [0.05, 0.1) is 12.5 Å². The lowest BCUT2D eigenvalue weighted by molar-refractivity contribution is -0.145. The molecule has 0 amide bonds. The van der Waals surface area contributed by atoms with Crippen molar-refractivity contribution >= 4 is 16.0 Å². The Morgan fingerprint density at radius 1 is 1.53 bits per heavy atom. The summed E-state index contributed by atoms with van der Waals surface area (Å²) in [7, 11) is -3.89. The SMILES string of the molecule is CC1CCC(NS(=O)(=O)c2cnc[nH]2)(C(=O)O)CC1. The van der Waals surface area contributed by atoms with Gasteiger partial charge in [0, 0.05) is 0 Å². The van der Waals surface area contributed by atoms with Crippen molar-refractivity contribution in [3.05, 3.63) is 12.5 Å². The van der Waals surface area contributed by atoms with Gasteiger partial charge in [-0.1, -0.05) is 6.92 Å². The molecule has 1 heterocycles. The maximum atomic E-state index is 12.1. The average Bonchev–Trinajstić information content (AvgIpc) is 2.86. The maximum absolute atomic E-state index is 12.1. The van der Waals surface area contributed by atoms with E-state index in [1.807, 2.05) is 6.92 Å². The predicted octanol–water partition coefficient (Wildman–Crippen LogP) is 0.721. The molecule has 0 saturated heterocycles. The first kappa shape index (κ1) is 14.0. The van der Waals surface area contributed by atoms with E-state index in [9.17, 15) is 18.3 Å². The van der Waals surface area contributed by atoms with Crippen LogP contribution in [0.3, 0.4) is 0 Å². The zero-order valence-corrected chi connectivity index (χ0v) is 11.4. The number of hydrogen-bond acceptors (Lipinski definition) is 4. The van der Waals surface area contributed by atoms with E-state index in [4.69, 9.17) is 0 Å². The van der Waals surface area contributed by atoms with E-state index in [-0.39, 0.29) is 5.03 Å². The number of sulfonamides is 1. The number of aromatic amines is 1. The quantitative estimate of drug-likeness (QED) is 0.755. The molecule has 0 aromatic carbocycles. The molecule has 0 unspecified atom stereocenters. The number of carboxylic acids is 1. The second-order valence-electron chi connectivity index (χ2n) is 5.09. The minimum absolute atomic E-state index is 0.119. The topological polar surface area (TPSA) is 112 Å². The summed E-state index contributed by atoms with van der Waals surface area (Å²) in [4.78, 5) is 17.6. The lowest BCUT2D eigenvalue weighted by Gasteiger charge is -2.35. The van der Waals surface area contributed by atoms with Crippen LogP contribution >= 0.6 is 0 Å². The van der Waals surface area contributed by atoms with Crippen LogP contribution in [0.15, 0.2) is 17.6 Å². The van der Waals surface area contributed by atoms with E-state index >= 15 is 0 Å². The van der Waals surface area contributed by atoms with Crippen molar-refractivity contribution in [1.82, 2.24) is 14.7 Å². The van der Waals surface area contributed by atoms with Gasteiger partial charge in [0.15, 0.2) is 5.03 Å². The summed E-state index contributed by atoms with van der Waals surface area (Å²) in [5.74, 6) is -0.702. The summed E-state index contributed by atoms with van der Waals surface area (Å²) in [6.07, 6.45) is 4.39.